The predicted molar refractivity (Wildman–Crippen MR) is 82.0 cm³/mol. The van der Waals surface area contributed by atoms with Gasteiger partial charge in [0.05, 0.1) is 12.7 Å². The van der Waals surface area contributed by atoms with Gasteiger partial charge in [0.2, 0.25) is 0 Å². The highest BCUT2D eigenvalue weighted by Gasteiger charge is 2.10. The molecule has 0 heterocycles. The van der Waals surface area contributed by atoms with E-state index in [-0.39, 0.29) is 6.61 Å². The number of hydrogen-bond acceptors (Lipinski definition) is 4. The van der Waals surface area contributed by atoms with Crippen molar-refractivity contribution in [1.82, 2.24) is 5.32 Å². The summed E-state index contributed by atoms with van der Waals surface area (Å²) in [5.41, 5.74) is 2.51. The van der Waals surface area contributed by atoms with E-state index >= 15 is 0 Å². The summed E-state index contributed by atoms with van der Waals surface area (Å²) in [6, 6.07) is 15.3. The molecule has 0 bridgehead atoms. The van der Waals surface area contributed by atoms with Crippen molar-refractivity contribution in [2.24, 2.45) is 0 Å². The molecule has 112 valence electrons. The number of aliphatic hydroxyl groups is 2. The monoisotopic (exact) mass is 287 g/mol. The molecule has 0 aliphatic heterocycles. The maximum Gasteiger partial charge on any atom is 0.125 e. The van der Waals surface area contributed by atoms with Crippen LogP contribution in [0.15, 0.2) is 48.5 Å². The quantitative estimate of drug-likeness (QED) is 0.729. The molecule has 3 N–H and O–H groups in total. The van der Waals surface area contributed by atoms with E-state index in [1.54, 1.807) is 19.2 Å². The molecule has 0 aromatic heterocycles. The minimum absolute atomic E-state index is 0.121. The van der Waals surface area contributed by atoms with Gasteiger partial charge in [0.25, 0.3) is 0 Å². The third-order valence-corrected chi connectivity index (χ3v) is 3.27. The molecule has 0 radical (unpaired) electrons. The summed E-state index contributed by atoms with van der Waals surface area (Å²) >= 11 is 0. The fourth-order valence-corrected chi connectivity index (χ4v) is 2.12. The molecule has 21 heavy (non-hydrogen) atoms. The number of ether oxygens (including phenoxy) is 1. The number of benzene rings is 2. The highest BCUT2D eigenvalue weighted by Crippen LogP contribution is 2.24. The second-order valence-corrected chi connectivity index (χ2v) is 4.87. The average Bonchev–Trinajstić information content (AvgIpc) is 2.54. The Kier molecular flexibility index (Phi) is 5.75. The van der Waals surface area contributed by atoms with Gasteiger partial charge in [-0.05, 0) is 30.3 Å². The lowest BCUT2D eigenvalue weighted by molar-refractivity contribution is 0.177. The number of hydrogen-bond donors (Lipinski definition) is 3. The van der Waals surface area contributed by atoms with Gasteiger partial charge in [0.15, 0.2) is 0 Å². The van der Waals surface area contributed by atoms with Crippen molar-refractivity contribution in [2.45, 2.75) is 19.3 Å². The first kappa shape index (κ1) is 15.5. The molecule has 1 atom stereocenters. The second kappa shape index (κ2) is 7.78. The zero-order valence-electron chi connectivity index (χ0n) is 12.1. The molecule has 0 amide bonds. The lowest BCUT2D eigenvalue weighted by atomic mass is 10.1. The molecule has 0 unspecified atom stereocenters. The molecule has 4 nitrogen and oxygen atoms in total. The van der Waals surface area contributed by atoms with Gasteiger partial charge in [0.1, 0.15) is 12.4 Å². The first-order chi connectivity index (χ1) is 10.2. The lowest BCUT2D eigenvalue weighted by Crippen LogP contribution is -2.16. The largest absolute Gasteiger partial charge is 0.489 e. The van der Waals surface area contributed by atoms with Crippen molar-refractivity contribution in [3.63, 3.8) is 0 Å². The van der Waals surface area contributed by atoms with E-state index in [1.807, 2.05) is 36.4 Å². The lowest BCUT2D eigenvalue weighted by Gasteiger charge is -2.15. The first-order valence-corrected chi connectivity index (χ1v) is 6.97. The standard InChI is InChI=1S/C17H21NO3/c1-18-10-16(20)14-7-8-17(15(9-14)11-19)21-12-13-5-3-2-4-6-13/h2-9,16,18-20H,10-12H2,1H3/t16-/m0/s1. The fraction of sp³-hybridized carbons (Fsp3) is 0.294. The Bertz CT molecular complexity index is 557. The molecular formula is C17H21NO3. The molecule has 0 fully saturated rings. The summed E-state index contributed by atoms with van der Waals surface area (Å²) in [5.74, 6) is 0.641. The van der Waals surface area contributed by atoms with Crippen LogP contribution in [0.5, 0.6) is 5.75 Å². The number of aliphatic hydroxyl groups excluding tert-OH is 2. The van der Waals surface area contributed by atoms with Gasteiger partial charge in [0, 0.05) is 12.1 Å². The third-order valence-electron chi connectivity index (χ3n) is 3.27. The predicted octanol–water partition coefficient (Wildman–Crippen LogP) is 2.01. The van der Waals surface area contributed by atoms with Crippen molar-refractivity contribution in [3.05, 3.63) is 65.2 Å². The smallest absolute Gasteiger partial charge is 0.125 e. The maximum atomic E-state index is 9.95. The molecule has 2 aromatic carbocycles. The molecule has 0 saturated heterocycles. The minimum Gasteiger partial charge on any atom is -0.489 e. The molecule has 2 rings (SSSR count). The van der Waals surface area contributed by atoms with Gasteiger partial charge in [-0.15, -0.1) is 0 Å². The Hall–Kier alpha value is -1.88. The zero-order valence-corrected chi connectivity index (χ0v) is 12.1. The van der Waals surface area contributed by atoms with Gasteiger partial charge in [-0.25, -0.2) is 0 Å². The van der Waals surface area contributed by atoms with Crippen LogP contribution < -0.4 is 10.1 Å². The number of rotatable bonds is 7. The van der Waals surface area contributed by atoms with Crippen LogP contribution >= 0.6 is 0 Å². The van der Waals surface area contributed by atoms with Crippen LogP contribution in [-0.4, -0.2) is 23.8 Å². The summed E-state index contributed by atoms with van der Waals surface area (Å²) in [6.45, 7) is 0.797. The van der Waals surface area contributed by atoms with Crippen LogP contribution in [0.4, 0.5) is 0 Å². The molecule has 4 heteroatoms. The van der Waals surface area contributed by atoms with Gasteiger partial charge in [-0.1, -0.05) is 36.4 Å². The van der Waals surface area contributed by atoms with Crippen LogP contribution in [0.1, 0.15) is 22.8 Å². The normalized spacial score (nSPS) is 12.1. The van der Waals surface area contributed by atoms with E-state index in [0.717, 1.165) is 11.1 Å². The van der Waals surface area contributed by atoms with Gasteiger partial charge < -0.3 is 20.3 Å². The van der Waals surface area contributed by atoms with Gasteiger partial charge in [-0.3, -0.25) is 0 Å². The third kappa shape index (κ3) is 4.29. The summed E-state index contributed by atoms with van der Waals surface area (Å²) in [5, 5.41) is 22.3. The average molecular weight is 287 g/mol. The molecular weight excluding hydrogens is 266 g/mol. The van der Waals surface area contributed by atoms with E-state index in [2.05, 4.69) is 5.32 Å². The Labute approximate surface area is 125 Å². The number of likely N-dealkylation sites (N-methyl/N-ethyl adjacent to an activating group) is 1. The molecule has 2 aromatic rings. The molecule has 0 saturated carbocycles. The fourth-order valence-electron chi connectivity index (χ4n) is 2.12. The highest BCUT2D eigenvalue weighted by atomic mass is 16.5. The van der Waals surface area contributed by atoms with Crippen molar-refractivity contribution in [2.75, 3.05) is 13.6 Å². The zero-order chi connectivity index (χ0) is 15.1. The Morgan fingerprint density at radius 2 is 1.90 bits per heavy atom. The van der Waals surface area contributed by atoms with Crippen molar-refractivity contribution in [3.8, 4) is 5.75 Å². The Balaban J connectivity index is 2.09. The summed E-state index contributed by atoms with van der Waals surface area (Å²) < 4.78 is 5.75. The summed E-state index contributed by atoms with van der Waals surface area (Å²) in [7, 11) is 1.79. The summed E-state index contributed by atoms with van der Waals surface area (Å²) in [4.78, 5) is 0. The van der Waals surface area contributed by atoms with Gasteiger partial charge in [-0.2, -0.15) is 0 Å². The maximum absolute atomic E-state index is 9.95. The van der Waals surface area contributed by atoms with E-state index in [1.165, 1.54) is 0 Å². The number of nitrogens with one attached hydrogen (secondary N) is 1. The van der Waals surface area contributed by atoms with Crippen molar-refractivity contribution in [1.29, 1.82) is 0 Å². The molecule has 0 spiro atoms. The Morgan fingerprint density at radius 3 is 2.57 bits per heavy atom. The van der Waals surface area contributed by atoms with Crippen LogP contribution in [-0.2, 0) is 13.2 Å². The van der Waals surface area contributed by atoms with E-state index in [0.29, 0.717) is 24.5 Å². The van der Waals surface area contributed by atoms with Gasteiger partial charge >= 0.3 is 0 Å². The van der Waals surface area contributed by atoms with E-state index < -0.39 is 6.10 Å². The molecule has 0 aliphatic rings. The first-order valence-electron chi connectivity index (χ1n) is 6.97. The topological polar surface area (TPSA) is 61.7 Å². The van der Waals surface area contributed by atoms with Crippen molar-refractivity contribution < 1.29 is 14.9 Å². The Morgan fingerprint density at radius 1 is 1.14 bits per heavy atom. The minimum atomic E-state index is -0.594. The SMILES string of the molecule is CNC[C@H](O)c1ccc(OCc2ccccc2)c(CO)c1. The van der Waals surface area contributed by atoms with Crippen molar-refractivity contribution >= 4 is 0 Å². The highest BCUT2D eigenvalue weighted by molar-refractivity contribution is 5.38. The molecule has 0 aliphatic carbocycles. The van der Waals surface area contributed by atoms with Crippen LogP contribution in [0.3, 0.4) is 0 Å². The van der Waals surface area contributed by atoms with Crippen LogP contribution in [0.25, 0.3) is 0 Å². The van der Waals surface area contributed by atoms with Crippen LogP contribution in [0, 0.1) is 0 Å². The summed E-state index contributed by atoms with van der Waals surface area (Å²) in [6.07, 6.45) is -0.594. The van der Waals surface area contributed by atoms with E-state index in [4.69, 9.17) is 4.74 Å². The van der Waals surface area contributed by atoms with E-state index in [9.17, 15) is 10.2 Å². The second-order valence-electron chi connectivity index (χ2n) is 4.87. The van der Waals surface area contributed by atoms with Crippen LogP contribution in [0.2, 0.25) is 0 Å².